The maximum absolute atomic E-state index is 6.25. The molecule has 0 bridgehead atoms. The summed E-state index contributed by atoms with van der Waals surface area (Å²) in [7, 11) is 1.68. The number of nitrogens with zero attached hydrogens (tertiary/aromatic N) is 2. The molecule has 130 valence electrons. The number of aromatic nitrogens is 2. The van der Waals surface area contributed by atoms with Gasteiger partial charge < -0.3 is 15.0 Å². The number of piperazine rings is 1. The predicted molar refractivity (Wildman–Crippen MR) is 98.3 cm³/mol. The molecule has 0 amide bonds. The Morgan fingerprint density at radius 1 is 1.16 bits per heavy atom. The molecule has 0 saturated carbocycles. The summed E-state index contributed by atoms with van der Waals surface area (Å²) < 4.78 is 7.43. The third-order valence-electron chi connectivity index (χ3n) is 4.87. The number of fused-ring (bicyclic) bond motifs is 1. The van der Waals surface area contributed by atoms with Gasteiger partial charge in [-0.15, -0.1) is 0 Å². The van der Waals surface area contributed by atoms with Crippen molar-refractivity contribution in [3.63, 3.8) is 0 Å². The Hall–Kier alpha value is -2.08. The van der Waals surface area contributed by atoms with Gasteiger partial charge in [0.15, 0.2) is 0 Å². The van der Waals surface area contributed by atoms with Crippen LogP contribution in [0.1, 0.15) is 5.69 Å². The van der Waals surface area contributed by atoms with Crippen LogP contribution >= 0.6 is 11.6 Å². The SMILES string of the molecule is COc1ccc(-c2nc3ccc(Cl)cn3c2C[NH+]2CC[NH2+]CC2)cc1. The molecule has 0 atom stereocenters. The van der Waals surface area contributed by atoms with Gasteiger partial charge in [0.1, 0.15) is 49.8 Å². The van der Waals surface area contributed by atoms with Crippen molar-refractivity contribution in [3.05, 3.63) is 53.3 Å². The second kappa shape index (κ2) is 7.04. The number of imidazole rings is 1. The van der Waals surface area contributed by atoms with Crippen molar-refractivity contribution in [3.8, 4) is 17.0 Å². The third-order valence-corrected chi connectivity index (χ3v) is 5.09. The number of halogens is 1. The van der Waals surface area contributed by atoms with E-state index in [0.717, 1.165) is 34.2 Å². The van der Waals surface area contributed by atoms with E-state index in [1.54, 1.807) is 12.0 Å². The lowest BCUT2D eigenvalue weighted by Gasteiger charge is -2.22. The number of ether oxygens (including phenoxy) is 1. The van der Waals surface area contributed by atoms with Gasteiger partial charge in [-0.1, -0.05) is 11.6 Å². The lowest BCUT2D eigenvalue weighted by molar-refractivity contribution is -0.958. The van der Waals surface area contributed by atoms with E-state index in [1.807, 2.05) is 30.5 Å². The number of nitrogens with one attached hydrogen (secondary N) is 1. The highest BCUT2D eigenvalue weighted by Gasteiger charge is 2.22. The van der Waals surface area contributed by atoms with Gasteiger partial charge in [-0.25, -0.2) is 4.98 Å². The van der Waals surface area contributed by atoms with Crippen molar-refractivity contribution in [1.82, 2.24) is 9.38 Å². The van der Waals surface area contributed by atoms with Crippen molar-refractivity contribution in [2.45, 2.75) is 6.54 Å². The largest absolute Gasteiger partial charge is 0.497 e. The van der Waals surface area contributed by atoms with Gasteiger partial charge >= 0.3 is 0 Å². The maximum Gasteiger partial charge on any atom is 0.137 e. The van der Waals surface area contributed by atoms with Crippen LogP contribution in [0.25, 0.3) is 16.9 Å². The van der Waals surface area contributed by atoms with E-state index < -0.39 is 0 Å². The van der Waals surface area contributed by atoms with E-state index in [0.29, 0.717) is 0 Å². The van der Waals surface area contributed by atoms with E-state index in [9.17, 15) is 0 Å². The lowest BCUT2D eigenvalue weighted by Crippen LogP contribution is -3.19. The van der Waals surface area contributed by atoms with Crippen LogP contribution in [0, 0.1) is 0 Å². The number of rotatable bonds is 4. The first-order chi connectivity index (χ1) is 12.2. The van der Waals surface area contributed by atoms with E-state index in [2.05, 4.69) is 21.9 Å². The van der Waals surface area contributed by atoms with Gasteiger partial charge in [-0.3, -0.25) is 4.40 Å². The van der Waals surface area contributed by atoms with Crippen LogP contribution in [0.3, 0.4) is 0 Å². The molecule has 0 unspecified atom stereocenters. The summed E-state index contributed by atoms with van der Waals surface area (Å²) in [6.45, 7) is 5.68. The van der Waals surface area contributed by atoms with Crippen molar-refractivity contribution < 1.29 is 15.0 Å². The molecule has 3 heterocycles. The fraction of sp³-hybridized carbons (Fsp3) is 0.316. The van der Waals surface area contributed by atoms with Crippen molar-refractivity contribution in [2.24, 2.45) is 0 Å². The number of benzene rings is 1. The average molecular weight is 359 g/mol. The molecule has 1 fully saturated rings. The van der Waals surface area contributed by atoms with Gasteiger partial charge in [0.25, 0.3) is 0 Å². The highest BCUT2D eigenvalue weighted by Crippen LogP contribution is 2.27. The van der Waals surface area contributed by atoms with Crippen molar-refractivity contribution >= 4 is 17.2 Å². The van der Waals surface area contributed by atoms with Crippen LogP contribution in [-0.4, -0.2) is 42.7 Å². The number of pyridine rings is 1. The minimum atomic E-state index is 0.731. The molecule has 1 aliphatic heterocycles. The Balaban J connectivity index is 1.79. The lowest BCUT2D eigenvalue weighted by atomic mass is 10.1. The summed E-state index contributed by atoms with van der Waals surface area (Å²) in [6, 6.07) is 12.0. The van der Waals surface area contributed by atoms with Crippen molar-refractivity contribution in [2.75, 3.05) is 33.3 Å². The molecule has 1 saturated heterocycles. The van der Waals surface area contributed by atoms with Crippen LogP contribution < -0.4 is 15.0 Å². The second-order valence-corrected chi connectivity index (χ2v) is 6.94. The van der Waals surface area contributed by atoms with Gasteiger partial charge in [-0.2, -0.15) is 0 Å². The molecule has 25 heavy (non-hydrogen) atoms. The Bertz CT molecular complexity index is 869. The Labute approximate surface area is 152 Å². The minimum Gasteiger partial charge on any atom is -0.497 e. The number of quaternary nitrogens is 2. The first-order valence-corrected chi connectivity index (χ1v) is 9.08. The predicted octanol–water partition coefficient (Wildman–Crippen LogP) is 0.625. The summed E-state index contributed by atoms with van der Waals surface area (Å²) in [6.07, 6.45) is 1.97. The van der Waals surface area contributed by atoms with E-state index >= 15 is 0 Å². The van der Waals surface area contributed by atoms with Crippen LogP contribution in [-0.2, 0) is 6.54 Å². The van der Waals surface area contributed by atoms with Crippen LogP contribution in [0.2, 0.25) is 5.02 Å². The monoisotopic (exact) mass is 358 g/mol. The number of hydrogen-bond acceptors (Lipinski definition) is 2. The van der Waals surface area contributed by atoms with Crippen LogP contribution in [0.5, 0.6) is 5.75 Å². The summed E-state index contributed by atoms with van der Waals surface area (Å²) in [5.41, 5.74) is 4.30. The zero-order chi connectivity index (χ0) is 17.2. The topological polar surface area (TPSA) is 47.6 Å². The number of hydrogen-bond donors (Lipinski definition) is 2. The molecule has 5 nitrogen and oxygen atoms in total. The van der Waals surface area contributed by atoms with Crippen molar-refractivity contribution in [1.29, 1.82) is 0 Å². The van der Waals surface area contributed by atoms with Crippen LogP contribution in [0.4, 0.5) is 0 Å². The molecule has 0 spiro atoms. The molecule has 1 aromatic carbocycles. The first kappa shape index (κ1) is 16.4. The molecular weight excluding hydrogens is 336 g/mol. The Morgan fingerprint density at radius 2 is 1.92 bits per heavy atom. The highest BCUT2D eigenvalue weighted by atomic mass is 35.5. The highest BCUT2D eigenvalue weighted by molar-refractivity contribution is 6.30. The smallest absolute Gasteiger partial charge is 0.137 e. The van der Waals surface area contributed by atoms with Gasteiger partial charge in [0.05, 0.1) is 17.8 Å². The van der Waals surface area contributed by atoms with Gasteiger partial charge in [0, 0.05) is 11.8 Å². The zero-order valence-corrected chi connectivity index (χ0v) is 15.1. The maximum atomic E-state index is 6.25. The molecule has 0 aliphatic carbocycles. The number of methoxy groups -OCH3 is 1. The van der Waals surface area contributed by atoms with E-state index in [-0.39, 0.29) is 0 Å². The third kappa shape index (κ3) is 3.35. The normalized spacial score (nSPS) is 15.6. The minimum absolute atomic E-state index is 0.731. The summed E-state index contributed by atoms with van der Waals surface area (Å²) >= 11 is 6.25. The molecule has 6 heteroatoms. The van der Waals surface area contributed by atoms with E-state index in [1.165, 1.54) is 31.9 Å². The molecule has 4 rings (SSSR count). The second-order valence-electron chi connectivity index (χ2n) is 6.50. The quantitative estimate of drug-likeness (QED) is 0.718. The number of nitrogens with two attached hydrogens (primary N) is 1. The summed E-state index contributed by atoms with van der Waals surface area (Å²) in [5.74, 6) is 0.856. The van der Waals surface area contributed by atoms with E-state index in [4.69, 9.17) is 21.3 Å². The molecule has 3 aromatic rings. The molecule has 1 aliphatic rings. The Kier molecular flexibility index (Phi) is 4.61. The average Bonchev–Trinajstić information content (AvgIpc) is 3.00. The molecular formula is C19H23ClN4O+2. The zero-order valence-electron chi connectivity index (χ0n) is 14.3. The van der Waals surface area contributed by atoms with Gasteiger partial charge in [0.2, 0.25) is 0 Å². The Morgan fingerprint density at radius 3 is 2.64 bits per heavy atom. The summed E-state index contributed by atoms with van der Waals surface area (Å²) in [5, 5.41) is 3.12. The molecule has 3 N–H and O–H groups in total. The summed E-state index contributed by atoms with van der Waals surface area (Å²) in [4.78, 5) is 6.48. The fourth-order valence-electron chi connectivity index (χ4n) is 3.51. The first-order valence-electron chi connectivity index (χ1n) is 8.71. The standard InChI is InChI=1S/C19H21ClN4O/c1-25-16-5-2-14(3-6-16)19-17(13-23-10-8-21-9-11-23)24-12-15(20)4-7-18(24)22-19/h2-7,12,21H,8-11,13H2,1H3/p+2. The van der Waals surface area contributed by atoms with Gasteiger partial charge in [-0.05, 0) is 36.4 Å². The molecule has 0 radical (unpaired) electrons. The van der Waals surface area contributed by atoms with Crippen LogP contribution in [0.15, 0.2) is 42.6 Å². The fourth-order valence-corrected chi connectivity index (χ4v) is 3.67. The molecule has 2 aromatic heterocycles.